The Bertz CT molecular complexity index is 1360. The lowest BCUT2D eigenvalue weighted by Crippen LogP contribution is -2.43. The number of fused-ring (bicyclic) bond motifs is 3. The molecule has 3 aromatic carbocycles. The van der Waals surface area contributed by atoms with E-state index in [-0.39, 0.29) is 18.9 Å². The Labute approximate surface area is 214 Å². The molecule has 1 heterocycles. The maximum absolute atomic E-state index is 12.7. The van der Waals surface area contributed by atoms with Crippen molar-refractivity contribution in [3.05, 3.63) is 120 Å². The number of benzene rings is 3. The second-order valence-electron chi connectivity index (χ2n) is 8.82. The molecule has 2 N–H and O–H groups in total. The van der Waals surface area contributed by atoms with Crippen LogP contribution in [0.15, 0.2) is 97.3 Å². The number of alkyl carbamates (subject to hydrolysis) is 1. The lowest BCUT2D eigenvalue weighted by molar-refractivity contribution is -0.139. The highest BCUT2D eigenvalue weighted by molar-refractivity contribution is 5.81. The topological polar surface area (TPSA) is 97.8 Å². The number of hydrogen-bond acceptors (Lipinski definition) is 5. The molecule has 1 atom stereocenters. The second-order valence-corrected chi connectivity index (χ2v) is 8.82. The monoisotopic (exact) mass is 494 g/mol. The minimum Gasteiger partial charge on any atom is -0.489 e. The molecule has 0 saturated carbocycles. The molecule has 0 bridgehead atoms. The lowest BCUT2D eigenvalue weighted by Gasteiger charge is -2.19. The first-order chi connectivity index (χ1) is 18.1. The van der Waals surface area contributed by atoms with Crippen LogP contribution in [-0.2, 0) is 22.6 Å². The van der Waals surface area contributed by atoms with Gasteiger partial charge in [-0.2, -0.15) is 0 Å². The summed E-state index contributed by atoms with van der Waals surface area (Å²) < 4.78 is 11.5. The maximum Gasteiger partial charge on any atom is 0.407 e. The summed E-state index contributed by atoms with van der Waals surface area (Å²) in [5, 5.41) is 12.3. The fourth-order valence-corrected chi connectivity index (χ4v) is 4.66. The van der Waals surface area contributed by atoms with E-state index in [9.17, 15) is 14.7 Å². The third-order valence-electron chi connectivity index (χ3n) is 6.45. The zero-order valence-electron chi connectivity index (χ0n) is 20.0. The Hall–Kier alpha value is -4.65. The Morgan fingerprint density at radius 1 is 0.892 bits per heavy atom. The van der Waals surface area contributed by atoms with Gasteiger partial charge in [0.15, 0.2) is 0 Å². The van der Waals surface area contributed by atoms with Crippen LogP contribution < -0.4 is 10.1 Å². The van der Waals surface area contributed by atoms with E-state index in [1.807, 2.05) is 54.6 Å². The Balaban J connectivity index is 1.23. The number of ether oxygens (including phenoxy) is 2. The van der Waals surface area contributed by atoms with Crippen molar-refractivity contribution in [1.82, 2.24) is 10.3 Å². The van der Waals surface area contributed by atoms with E-state index in [0.717, 1.165) is 27.8 Å². The summed E-state index contributed by atoms with van der Waals surface area (Å²) in [6.07, 6.45) is 2.66. The van der Waals surface area contributed by atoms with Crippen molar-refractivity contribution in [2.75, 3.05) is 6.61 Å². The first-order valence-electron chi connectivity index (χ1n) is 12.0. The van der Waals surface area contributed by atoms with Crippen molar-refractivity contribution < 1.29 is 24.2 Å². The van der Waals surface area contributed by atoms with Crippen LogP contribution in [0.3, 0.4) is 0 Å². The number of carbonyl (C=O) groups excluding carboxylic acids is 1. The highest BCUT2D eigenvalue weighted by Crippen LogP contribution is 2.44. The normalized spacial score (nSPS) is 12.8. The molecule has 7 heteroatoms. The smallest absolute Gasteiger partial charge is 0.407 e. The third kappa shape index (κ3) is 5.46. The standard InChI is InChI=1S/C30H26N2O5/c33-29(34)27(16-21-9-1-6-14-28(21)36-18-20-8-7-15-31-17-20)32-30(35)37-19-26-24-12-4-2-10-22(24)23-11-3-5-13-25(23)26/h1-15,17,26-27H,16,18-19H2,(H,32,35)(H,33,34). The molecule has 0 aliphatic heterocycles. The van der Waals surface area contributed by atoms with Gasteiger partial charge in [-0.3, -0.25) is 4.98 Å². The summed E-state index contributed by atoms with van der Waals surface area (Å²) in [6, 6.07) is 25.8. The zero-order chi connectivity index (χ0) is 25.6. The highest BCUT2D eigenvalue weighted by atomic mass is 16.5. The van der Waals surface area contributed by atoms with Crippen molar-refractivity contribution >= 4 is 12.1 Å². The molecule has 7 nitrogen and oxygen atoms in total. The van der Waals surface area contributed by atoms with Gasteiger partial charge in [0.25, 0.3) is 0 Å². The SMILES string of the molecule is O=C(NC(Cc1ccccc1OCc1cccnc1)C(=O)O)OCC1c2ccccc2-c2ccccc21. The van der Waals surface area contributed by atoms with Gasteiger partial charge in [-0.25, -0.2) is 9.59 Å². The van der Waals surface area contributed by atoms with Crippen LogP contribution >= 0.6 is 0 Å². The van der Waals surface area contributed by atoms with E-state index in [0.29, 0.717) is 17.9 Å². The number of hydrogen-bond donors (Lipinski definition) is 2. The Morgan fingerprint density at radius 2 is 1.57 bits per heavy atom. The average Bonchev–Trinajstić information content (AvgIpc) is 3.25. The third-order valence-corrected chi connectivity index (χ3v) is 6.45. The Morgan fingerprint density at radius 3 is 2.24 bits per heavy atom. The van der Waals surface area contributed by atoms with Gasteiger partial charge in [-0.15, -0.1) is 0 Å². The number of aromatic nitrogens is 1. The number of para-hydroxylation sites is 1. The molecule has 0 saturated heterocycles. The van der Waals surface area contributed by atoms with Gasteiger partial charge >= 0.3 is 12.1 Å². The molecular weight excluding hydrogens is 468 g/mol. The summed E-state index contributed by atoms with van der Waals surface area (Å²) in [5.74, 6) is -0.717. The predicted octanol–water partition coefficient (Wildman–Crippen LogP) is 5.20. The molecule has 1 aliphatic rings. The molecule has 1 aromatic heterocycles. The Kier molecular flexibility index (Phi) is 7.12. The van der Waals surface area contributed by atoms with Crippen LogP contribution in [0.5, 0.6) is 5.75 Å². The summed E-state index contributed by atoms with van der Waals surface area (Å²) >= 11 is 0. The van der Waals surface area contributed by atoms with Gasteiger partial charge in [0.05, 0.1) is 0 Å². The summed E-state index contributed by atoms with van der Waals surface area (Å²) in [5.41, 5.74) is 5.98. The fraction of sp³-hybridized carbons (Fsp3) is 0.167. The van der Waals surface area contributed by atoms with Crippen LogP contribution in [0.4, 0.5) is 4.79 Å². The van der Waals surface area contributed by atoms with Crippen LogP contribution in [0, 0.1) is 0 Å². The highest BCUT2D eigenvalue weighted by Gasteiger charge is 2.30. The number of aliphatic carboxylic acids is 1. The van der Waals surface area contributed by atoms with Crippen LogP contribution in [-0.4, -0.2) is 34.8 Å². The molecule has 1 aliphatic carbocycles. The van der Waals surface area contributed by atoms with Crippen molar-refractivity contribution in [2.45, 2.75) is 25.0 Å². The molecule has 0 radical (unpaired) electrons. The van der Waals surface area contributed by atoms with Gasteiger partial charge in [0.2, 0.25) is 0 Å². The molecule has 1 unspecified atom stereocenters. The van der Waals surface area contributed by atoms with Gasteiger partial charge in [0, 0.05) is 30.3 Å². The fourth-order valence-electron chi connectivity index (χ4n) is 4.66. The number of pyridine rings is 1. The van der Waals surface area contributed by atoms with Crippen molar-refractivity contribution in [2.24, 2.45) is 0 Å². The first kappa shape index (κ1) is 24.1. The molecule has 4 aromatic rings. The van der Waals surface area contributed by atoms with Crippen LogP contribution in [0.25, 0.3) is 11.1 Å². The average molecular weight is 495 g/mol. The number of carboxylic acid groups (broad SMARTS) is 1. The van der Waals surface area contributed by atoms with E-state index in [1.165, 1.54) is 0 Å². The lowest BCUT2D eigenvalue weighted by atomic mass is 9.98. The van der Waals surface area contributed by atoms with E-state index < -0.39 is 18.1 Å². The van der Waals surface area contributed by atoms with E-state index >= 15 is 0 Å². The van der Waals surface area contributed by atoms with E-state index in [2.05, 4.69) is 22.4 Å². The van der Waals surface area contributed by atoms with Crippen LogP contribution in [0.2, 0.25) is 0 Å². The van der Waals surface area contributed by atoms with E-state index in [1.54, 1.807) is 30.6 Å². The number of nitrogens with one attached hydrogen (secondary N) is 1. The number of nitrogens with zero attached hydrogens (tertiary/aromatic N) is 1. The second kappa shape index (κ2) is 11.0. The maximum atomic E-state index is 12.7. The van der Waals surface area contributed by atoms with Gasteiger partial charge in [0.1, 0.15) is 25.0 Å². The minimum absolute atomic E-state index is 0.0444. The predicted molar refractivity (Wildman–Crippen MR) is 138 cm³/mol. The molecule has 37 heavy (non-hydrogen) atoms. The van der Waals surface area contributed by atoms with Crippen molar-refractivity contribution in [3.8, 4) is 16.9 Å². The van der Waals surface area contributed by atoms with Crippen LogP contribution in [0.1, 0.15) is 28.2 Å². The van der Waals surface area contributed by atoms with Gasteiger partial charge in [-0.05, 0) is 39.9 Å². The molecule has 0 spiro atoms. The molecule has 1 amide bonds. The number of carbonyl (C=O) groups is 2. The molecule has 186 valence electrons. The van der Waals surface area contributed by atoms with E-state index in [4.69, 9.17) is 9.47 Å². The summed E-state index contributed by atoms with van der Waals surface area (Å²) in [4.78, 5) is 28.8. The summed E-state index contributed by atoms with van der Waals surface area (Å²) in [7, 11) is 0. The minimum atomic E-state index is -1.18. The number of amides is 1. The van der Waals surface area contributed by atoms with Gasteiger partial charge < -0.3 is 19.9 Å². The molecule has 0 fully saturated rings. The molecular formula is C30H26N2O5. The quantitative estimate of drug-likeness (QED) is 0.332. The van der Waals surface area contributed by atoms with Crippen molar-refractivity contribution in [1.29, 1.82) is 0 Å². The largest absolute Gasteiger partial charge is 0.489 e. The number of carboxylic acids is 1. The zero-order valence-corrected chi connectivity index (χ0v) is 20.0. The first-order valence-corrected chi connectivity index (χ1v) is 12.0. The van der Waals surface area contributed by atoms with Crippen molar-refractivity contribution in [3.63, 3.8) is 0 Å². The number of rotatable bonds is 9. The van der Waals surface area contributed by atoms with Gasteiger partial charge in [-0.1, -0.05) is 72.8 Å². The molecule has 5 rings (SSSR count). The summed E-state index contributed by atoms with van der Waals surface area (Å²) in [6.45, 7) is 0.402.